The number of aryl methyl sites for hydroxylation is 1. The number of thiophene rings is 1. The van der Waals surface area contributed by atoms with Crippen LogP contribution in [0.25, 0.3) is 0 Å². The van der Waals surface area contributed by atoms with E-state index in [0.717, 1.165) is 6.42 Å². The second-order valence-electron chi connectivity index (χ2n) is 5.04. The van der Waals surface area contributed by atoms with Crippen LogP contribution in [-0.4, -0.2) is 0 Å². The van der Waals surface area contributed by atoms with E-state index in [0.29, 0.717) is 10.2 Å². The van der Waals surface area contributed by atoms with Crippen LogP contribution in [0.5, 0.6) is 0 Å². The molecule has 94 valence electrons. The predicted molar refractivity (Wildman–Crippen MR) is 82.7 cm³/mol. The van der Waals surface area contributed by atoms with Gasteiger partial charge in [-0.05, 0) is 37.0 Å². The highest BCUT2D eigenvalue weighted by Gasteiger charge is 2.50. The van der Waals surface area contributed by atoms with Crippen molar-refractivity contribution in [1.29, 1.82) is 0 Å². The lowest BCUT2D eigenvalue weighted by Crippen LogP contribution is -2.12. The van der Waals surface area contributed by atoms with Gasteiger partial charge in [-0.3, -0.25) is 0 Å². The Hall–Kier alpha value is -0.600. The van der Waals surface area contributed by atoms with E-state index in [1.807, 2.05) is 11.3 Å². The number of rotatable bonds is 4. The third kappa shape index (κ3) is 2.06. The molecule has 1 heterocycles. The minimum atomic E-state index is 0.344. The molecule has 1 saturated carbocycles. The standard InChI is InChI=1S/C16H17BrS/c1-2-13-8-9-14(18-13)15(17)16(10-11-16)12-6-4-3-5-7-12/h3-9,15H,2,10-11H2,1H3. The van der Waals surface area contributed by atoms with Gasteiger partial charge in [0.25, 0.3) is 0 Å². The van der Waals surface area contributed by atoms with Crippen molar-refractivity contribution in [3.05, 3.63) is 57.8 Å². The van der Waals surface area contributed by atoms with Crippen LogP contribution in [0.1, 0.15) is 39.9 Å². The van der Waals surface area contributed by atoms with Crippen molar-refractivity contribution < 1.29 is 0 Å². The summed E-state index contributed by atoms with van der Waals surface area (Å²) in [5.41, 5.74) is 1.83. The highest BCUT2D eigenvalue weighted by Crippen LogP contribution is 2.60. The summed E-state index contributed by atoms with van der Waals surface area (Å²) >= 11 is 5.92. The molecule has 1 unspecified atom stereocenters. The molecule has 0 spiro atoms. The van der Waals surface area contributed by atoms with Crippen molar-refractivity contribution in [2.24, 2.45) is 0 Å². The maximum absolute atomic E-state index is 3.96. The summed E-state index contributed by atoms with van der Waals surface area (Å²) in [5.74, 6) is 0. The van der Waals surface area contributed by atoms with Gasteiger partial charge in [0.05, 0.1) is 4.83 Å². The van der Waals surface area contributed by atoms with Gasteiger partial charge in [0.2, 0.25) is 0 Å². The van der Waals surface area contributed by atoms with Crippen LogP contribution in [-0.2, 0) is 11.8 Å². The van der Waals surface area contributed by atoms with Gasteiger partial charge in [-0.1, -0.05) is 53.2 Å². The quantitative estimate of drug-likeness (QED) is 0.654. The van der Waals surface area contributed by atoms with Crippen molar-refractivity contribution >= 4 is 27.3 Å². The molecule has 1 aromatic heterocycles. The first-order valence-electron chi connectivity index (χ1n) is 6.54. The molecular formula is C16H17BrS. The zero-order valence-corrected chi connectivity index (χ0v) is 12.9. The number of benzene rings is 1. The first-order valence-corrected chi connectivity index (χ1v) is 8.28. The molecule has 2 aromatic rings. The molecule has 1 aromatic carbocycles. The Labute approximate surface area is 121 Å². The van der Waals surface area contributed by atoms with Crippen LogP contribution in [0, 0.1) is 0 Å². The highest BCUT2D eigenvalue weighted by atomic mass is 79.9. The Balaban J connectivity index is 1.90. The fourth-order valence-corrected chi connectivity index (χ4v) is 4.79. The van der Waals surface area contributed by atoms with Gasteiger partial charge in [0.15, 0.2) is 0 Å². The van der Waals surface area contributed by atoms with Gasteiger partial charge < -0.3 is 0 Å². The van der Waals surface area contributed by atoms with Gasteiger partial charge in [0, 0.05) is 15.2 Å². The van der Waals surface area contributed by atoms with Crippen LogP contribution in [0.3, 0.4) is 0 Å². The van der Waals surface area contributed by atoms with Crippen molar-refractivity contribution in [2.75, 3.05) is 0 Å². The molecule has 0 N–H and O–H groups in total. The smallest absolute Gasteiger partial charge is 0.0585 e. The third-order valence-electron chi connectivity index (χ3n) is 3.90. The summed E-state index contributed by atoms with van der Waals surface area (Å²) < 4.78 is 0. The van der Waals surface area contributed by atoms with Crippen LogP contribution in [0.15, 0.2) is 42.5 Å². The van der Waals surface area contributed by atoms with E-state index >= 15 is 0 Å². The number of hydrogen-bond acceptors (Lipinski definition) is 1. The summed E-state index contributed by atoms with van der Waals surface area (Å²) in [6.45, 7) is 2.23. The number of hydrogen-bond donors (Lipinski definition) is 0. The summed E-state index contributed by atoms with van der Waals surface area (Å²) in [5, 5.41) is 0. The van der Waals surface area contributed by atoms with Crippen LogP contribution >= 0.6 is 27.3 Å². The summed E-state index contributed by atoms with van der Waals surface area (Å²) in [6.07, 6.45) is 3.74. The molecule has 0 aliphatic heterocycles. The Morgan fingerprint density at radius 2 is 1.89 bits per heavy atom. The zero-order valence-electron chi connectivity index (χ0n) is 10.5. The average Bonchev–Trinajstić information content (AvgIpc) is 3.10. The Morgan fingerprint density at radius 3 is 2.44 bits per heavy atom. The van der Waals surface area contributed by atoms with Gasteiger partial charge >= 0.3 is 0 Å². The van der Waals surface area contributed by atoms with Gasteiger partial charge in [-0.25, -0.2) is 0 Å². The Kier molecular flexibility index (Phi) is 3.33. The molecule has 1 atom stereocenters. The lowest BCUT2D eigenvalue weighted by atomic mass is 9.92. The van der Waals surface area contributed by atoms with E-state index in [1.54, 1.807) is 0 Å². The van der Waals surface area contributed by atoms with E-state index in [1.165, 1.54) is 28.2 Å². The molecule has 1 aliphatic rings. The van der Waals surface area contributed by atoms with Crippen LogP contribution in [0.2, 0.25) is 0 Å². The monoisotopic (exact) mass is 320 g/mol. The summed E-state index contributed by atoms with van der Waals surface area (Å²) in [7, 11) is 0. The molecule has 0 nitrogen and oxygen atoms in total. The van der Waals surface area contributed by atoms with E-state index in [-0.39, 0.29) is 0 Å². The van der Waals surface area contributed by atoms with E-state index < -0.39 is 0 Å². The van der Waals surface area contributed by atoms with Crippen molar-refractivity contribution in [2.45, 2.75) is 36.4 Å². The Morgan fingerprint density at radius 1 is 1.17 bits per heavy atom. The normalized spacial score (nSPS) is 18.6. The van der Waals surface area contributed by atoms with E-state index in [4.69, 9.17) is 0 Å². The van der Waals surface area contributed by atoms with Crippen molar-refractivity contribution in [3.63, 3.8) is 0 Å². The molecule has 1 aliphatic carbocycles. The van der Waals surface area contributed by atoms with Crippen LogP contribution in [0.4, 0.5) is 0 Å². The average molecular weight is 321 g/mol. The first kappa shape index (κ1) is 12.4. The largest absolute Gasteiger partial charge is 0.144 e. The van der Waals surface area contributed by atoms with E-state index in [2.05, 4.69) is 65.3 Å². The first-order chi connectivity index (χ1) is 8.76. The molecule has 18 heavy (non-hydrogen) atoms. The second kappa shape index (κ2) is 4.82. The third-order valence-corrected chi connectivity index (χ3v) is 6.87. The molecule has 2 heteroatoms. The second-order valence-corrected chi connectivity index (χ2v) is 7.16. The fraction of sp³-hybridized carbons (Fsp3) is 0.375. The van der Waals surface area contributed by atoms with Gasteiger partial charge in [-0.2, -0.15) is 0 Å². The maximum atomic E-state index is 3.96. The lowest BCUT2D eigenvalue weighted by Gasteiger charge is -2.21. The molecule has 3 rings (SSSR count). The Bertz CT molecular complexity index is 525. The lowest BCUT2D eigenvalue weighted by molar-refractivity contribution is 0.689. The van der Waals surface area contributed by atoms with Gasteiger partial charge in [-0.15, -0.1) is 11.3 Å². The molecule has 0 bridgehead atoms. The van der Waals surface area contributed by atoms with Crippen LogP contribution < -0.4 is 0 Å². The fourth-order valence-electron chi connectivity index (χ4n) is 2.59. The summed E-state index contributed by atoms with van der Waals surface area (Å²) in [4.78, 5) is 3.43. The molecule has 0 radical (unpaired) electrons. The highest BCUT2D eigenvalue weighted by molar-refractivity contribution is 9.09. The van der Waals surface area contributed by atoms with Crippen molar-refractivity contribution in [1.82, 2.24) is 0 Å². The van der Waals surface area contributed by atoms with E-state index in [9.17, 15) is 0 Å². The topological polar surface area (TPSA) is 0 Å². The minimum absolute atomic E-state index is 0.344. The number of alkyl halides is 1. The minimum Gasteiger partial charge on any atom is -0.144 e. The van der Waals surface area contributed by atoms with Gasteiger partial charge in [0.1, 0.15) is 0 Å². The number of halogens is 1. The SMILES string of the molecule is CCc1ccc(C(Br)C2(c3ccccc3)CC2)s1. The molecule has 0 amide bonds. The summed E-state index contributed by atoms with van der Waals surface area (Å²) in [6, 6.07) is 15.5. The molecule has 1 fully saturated rings. The zero-order chi connectivity index (χ0) is 12.6. The molecule has 0 saturated heterocycles. The maximum Gasteiger partial charge on any atom is 0.0585 e. The predicted octanol–water partition coefficient (Wildman–Crippen LogP) is 5.48. The molecular weight excluding hydrogens is 304 g/mol. The van der Waals surface area contributed by atoms with Crippen molar-refractivity contribution in [3.8, 4) is 0 Å².